The van der Waals surface area contributed by atoms with E-state index in [2.05, 4.69) is 15.6 Å². The summed E-state index contributed by atoms with van der Waals surface area (Å²) in [5.74, 6) is -0.669. The summed E-state index contributed by atoms with van der Waals surface area (Å²) in [7, 11) is -2.22. The predicted molar refractivity (Wildman–Crippen MR) is 112 cm³/mol. The Kier molecular flexibility index (Phi) is 6.22. The molecule has 0 spiro atoms. The molecule has 0 radical (unpaired) electrons. The molecule has 0 fully saturated rings. The zero-order valence-electron chi connectivity index (χ0n) is 16.2. The second kappa shape index (κ2) is 8.67. The molecule has 3 aromatic rings. The third-order valence-electron chi connectivity index (χ3n) is 3.93. The molecule has 8 nitrogen and oxygen atoms in total. The summed E-state index contributed by atoms with van der Waals surface area (Å²) in [6.07, 6.45) is 2.56. The quantitative estimate of drug-likeness (QED) is 0.574. The van der Waals surface area contributed by atoms with Crippen molar-refractivity contribution in [3.63, 3.8) is 0 Å². The fraction of sp³-hybridized carbons (Fsp3) is 0.158. The Morgan fingerprint density at radius 1 is 1.20 bits per heavy atom. The number of aryl methyl sites for hydroxylation is 1. The number of thiazole rings is 1. The largest absolute Gasteiger partial charge is 0.493 e. The Morgan fingerprint density at radius 2 is 1.97 bits per heavy atom. The van der Waals surface area contributed by atoms with Crippen LogP contribution < -0.4 is 20.1 Å². The van der Waals surface area contributed by atoms with Crippen molar-refractivity contribution in [2.45, 2.75) is 11.8 Å². The van der Waals surface area contributed by atoms with Crippen LogP contribution in [0.15, 0.2) is 46.8 Å². The lowest BCUT2D eigenvalue weighted by molar-refractivity contribution is 0.262. The Labute approximate surface area is 176 Å². The number of benzene rings is 2. The number of aromatic nitrogens is 1. The normalized spacial score (nSPS) is 11.1. The highest BCUT2D eigenvalue weighted by atomic mass is 32.2. The van der Waals surface area contributed by atoms with Crippen molar-refractivity contribution in [1.29, 1.82) is 0 Å². The van der Waals surface area contributed by atoms with E-state index in [0.717, 1.165) is 6.26 Å². The third-order valence-corrected chi connectivity index (χ3v) is 5.71. The summed E-state index contributed by atoms with van der Waals surface area (Å²) in [6, 6.07) is 6.12. The molecule has 0 aliphatic rings. The van der Waals surface area contributed by atoms with Crippen molar-refractivity contribution < 1.29 is 27.1 Å². The third kappa shape index (κ3) is 4.86. The van der Waals surface area contributed by atoms with Crippen LogP contribution >= 0.6 is 11.3 Å². The van der Waals surface area contributed by atoms with E-state index in [0.29, 0.717) is 10.7 Å². The highest BCUT2D eigenvalue weighted by Crippen LogP contribution is 2.40. The predicted octanol–water partition coefficient (Wildman–Crippen LogP) is 4.44. The van der Waals surface area contributed by atoms with Crippen LogP contribution in [-0.4, -0.2) is 32.8 Å². The highest BCUT2D eigenvalue weighted by molar-refractivity contribution is 7.90. The van der Waals surface area contributed by atoms with Gasteiger partial charge in [-0.15, -0.1) is 11.3 Å². The van der Waals surface area contributed by atoms with E-state index in [-0.39, 0.29) is 27.8 Å². The number of hydrogen-bond acceptors (Lipinski definition) is 7. The van der Waals surface area contributed by atoms with Gasteiger partial charge >= 0.3 is 6.03 Å². The number of urea groups is 1. The van der Waals surface area contributed by atoms with Gasteiger partial charge in [-0.25, -0.2) is 22.6 Å². The van der Waals surface area contributed by atoms with Gasteiger partial charge in [0.05, 0.1) is 17.7 Å². The van der Waals surface area contributed by atoms with Gasteiger partial charge in [-0.2, -0.15) is 0 Å². The van der Waals surface area contributed by atoms with Gasteiger partial charge in [-0.3, -0.25) is 5.32 Å². The van der Waals surface area contributed by atoms with Crippen molar-refractivity contribution in [3.8, 4) is 17.2 Å². The van der Waals surface area contributed by atoms with Gasteiger partial charge in [-0.05, 0) is 36.8 Å². The van der Waals surface area contributed by atoms with Crippen LogP contribution in [0.2, 0.25) is 0 Å². The van der Waals surface area contributed by atoms with Gasteiger partial charge in [0.2, 0.25) is 5.75 Å². The van der Waals surface area contributed by atoms with Crippen LogP contribution in [0.1, 0.15) is 5.56 Å². The fourth-order valence-electron chi connectivity index (χ4n) is 2.57. The molecule has 2 amide bonds. The molecule has 0 saturated heterocycles. The number of carbonyl (C=O) groups is 1. The monoisotopic (exact) mass is 451 g/mol. The van der Waals surface area contributed by atoms with Gasteiger partial charge in [0.25, 0.3) is 0 Å². The van der Waals surface area contributed by atoms with E-state index in [9.17, 15) is 17.6 Å². The number of hydrogen-bond donors (Lipinski definition) is 2. The second-order valence-electron chi connectivity index (χ2n) is 6.18. The molecule has 1 heterocycles. The number of rotatable bonds is 6. The molecular weight excluding hydrogens is 433 g/mol. The minimum atomic E-state index is -3.58. The number of para-hydroxylation sites is 1. The molecule has 0 bridgehead atoms. The SMILES string of the molecule is COc1cccc(F)c1Oc1c(C)cc(S(C)(=O)=O)cc1NC(=O)Nc1nccs1. The first-order valence-corrected chi connectivity index (χ1v) is 11.3. The first kappa shape index (κ1) is 21.5. The van der Waals surface area contributed by atoms with Crippen LogP contribution in [0.3, 0.4) is 0 Å². The number of nitrogens with one attached hydrogen (secondary N) is 2. The van der Waals surface area contributed by atoms with Crippen molar-refractivity contribution in [3.05, 3.63) is 53.3 Å². The van der Waals surface area contributed by atoms with Crippen LogP contribution in [0.25, 0.3) is 0 Å². The van der Waals surface area contributed by atoms with Crippen molar-refractivity contribution in [2.75, 3.05) is 24.0 Å². The summed E-state index contributed by atoms with van der Waals surface area (Å²) >= 11 is 1.21. The molecule has 0 saturated carbocycles. The van der Waals surface area contributed by atoms with E-state index in [1.54, 1.807) is 12.3 Å². The molecule has 2 aromatic carbocycles. The molecule has 158 valence electrons. The number of methoxy groups -OCH3 is 1. The van der Waals surface area contributed by atoms with Crippen molar-refractivity contribution in [2.24, 2.45) is 0 Å². The number of carbonyl (C=O) groups excluding carboxylic acids is 1. The number of ether oxygens (including phenoxy) is 2. The summed E-state index contributed by atoms with van der Waals surface area (Å²) in [4.78, 5) is 16.3. The molecule has 3 rings (SSSR count). The molecule has 0 unspecified atom stereocenters. The smallest absolute Gasteiger partial charge is 0.325 e. The zero-order chi connectivity index (χ0) is 21.9. The van der Waals surface area contributed by atoms with Crippen LogP contribution in [0.4, 0.5) is 20.0 Å². The van der Waals surface area contributed by atoms with Crippen LogP contribution in [0.5, 0.6) is 17.2 Å². The van der Waals surface area contributed by atoms with Crippen LogP contribution in [0, 0.1) is 12.7 Å². The summed E-state index contributed by atoms with van der Waals surface area (Å²) in [6.45, 7) is 1.58. The lowest BCUT2D eigenvalue weighted by Gasteiger charge is -2.18. The number of anilines is 2. The minimum Gasteiger partial charge on any atom is -0.493 e. The topological polar surface area (TPSA) is 107 Å². The molecule has 30 heavy (non-hydrogen) atoms. The second-order valence-corrected chi connectivity index (χ2v) is 9.09. The van der Waals surface area contributed by atoms with E-state index in [1.807, 2.05) is 0 Å². The average Bonchev–Trinajstić information content (AvgIpc) is 3.17. The summed E-state index contributed by atoms with van der Waals surface area (Å²) in [5, 5.41) is 7.10. The van der Waals surface area contributed by atoms with Gasteiger partial charge in [0.1, 0.15) is 0 Å². The first-order chi connectivity index (χ1) is 14.2. The van der Waals surface area contributed by atoms with E-state index in [1.165, 1.54) is 55.0 Å². The molecule has 1 aromatic heterocycles. The molecule has 11 heteroatoms. The van der Waals surface area contributed by atoms with E-state index >= 15 is 0 Å². The van der Waals surface area contributed by atoms with Gasteiger partial charge < -0.3 is 14.8 Å². The molecule has 0 aliphatic carbocycles. The van der Waals surface area contributed by atoms with Gasteiger partial charge in [0.15, 0.2) is 32.3 Å². The van der Waals surface area contributed by atoms with Gasteiger partial charge in [0, 0.05) is 17.8 Å². The lowest BCUT2D eigenvalue weighted by atomic mass is 10.2. The molecular formula is C19H18FN3O5S2. The maximum absolute atomic E-state index is 14.4. The zero-order valence-corrected chi connectivity index (χ0v) is 17.9. The molecule has 0 aliphatic heterocycles. The first-order valence-electron chi connectivity index (χ1n) is 8.51. The minimum absolute atomic E-state index is 0.0302. The number of nitrogens with zero attached hydrogens (tertiary/aromatic N) is 1. The lowest BCUT2D eigenvalue weighted by Crippen LogP contribution is -2.20. The maximum atomic E-state index is 14.4. The number of sulfone groups is 1. The Morgan fingerprint density at radius 3 is 2.60 bits per heavy atom. The van der Waals surface area contributed by atoms with Gasteiger partial charge in [-0.1, -0.05) is 6.07 Å². The Hall–Kier alpha value is -3.18. The summed E-state index contributed by atoms with van der Waals surface area (Å²) in [5.41, 5.74) is 0.405. The highest BCUT2D eigenvalue weighted by Gasteiger charge is 2.21. The maximum Gasteiger partial charge on any atom is 0.325 e. The average molecular weight is 452 g/mol. The number of amides is 2. The fourth-order valence-corrected chi connectivity index (χ4v) is 3.82. The standard InChI is InChI=1S/C19H18FN3O5S2/c1-11-9-12(30(3,25)26)10-14(22-18(24)23-19-21-7-8-29-19)16(11)28-17-13(20)5-4-6-15(17)27-2/h4-10H,1-3H3,(H2,21,22,23,24). The summed E-state index contributed by atoms with van der Waals surface area (Å²) < 4.78 is 49.3. The van der Waals surface area contributed by atoms with E-state index in [4.69, 9.17) is 9.47 Å². The van der Waals surface area contributed by atoms with Crippen LogP contribution in [-0.2, 0) is 9.84 Å². The molecule has 2 N–H and O–H groups in total. The molecule has 0 atom stereocenters. The van der Waals surface area contributed by atoms with Crippen molar-refractivity contribution in [1.82, 2.24) is 4.98 Å². The van der Waals surface area contributed by atoms with E-state index < -0.39 is 21.7 Å². The number of halogens is 1. The Balaban J connectivity index is 2.04. The van der Waals surface area contributed by atoms with Crippen molar-refractivity contribution >= 4 is 38.0 Å². The Bertz CT molecular complexity index is 1180.